The smallest absolute Gasteiger partial charge is 0.188 e. The molecule has 4 nitrogen and oxygen atoms in total. The zero-order valence-corrected chi connectivity index (χ0v) is 14.8. The van der Waals surface area contributed by atoms with E-state index in [2.05, 4.69) is 10.3 Å². The summed E-state index contributed by atoms with van der Waals surface area (Å²) in [6, 6.07) is 0.555. The fourth-order valence-corrected chi connectivity index (χ4v) is 3.06. The predicted molar refractivity (Wildman–Crippen MR) is 94.7 cm³/mol. The van der Waals surface area contributed by atoms with E-state index in [1.807, 2.05) is 0 Å². The van der Waals surface area contributed by atoms with Crippen molar-refractivity contribution in [3.8, 4) is 0 Å². The lowest BCUT2D eigenvalue weighted by Crippen LogP contribution is -2.41. The van der Waals surface area contributed by atoms with E-state index in [9.17, 15) is 0 Å². The Bertz CT molecular complexity index is 274. The van der Waals surface area contributed by atoms with Crippen molar-refractivity contribution < 1.29 is 4.74 Å². The highest BCUT2D eigenvalue weighted by atomic mass is 127. The van der Waals surface area contributed by atoms with Crippen molar-refractivity contribution >= 4 is 29.9 Å². The second-order valence-electron chi connectivity index (χ2n) is 5.88. The quantitative estimate of drug-likeness (QED) is 0.325. The molecule has 2 aliphatic rings. The standard InChI is InChI=1S/C15H29N3O.HI/c16-15(18-13-7-2-1-3-8-13)17-11-6-10-14-9-4-5-12-19-14;/h13-14H,1-12H2,(H3,16,17,18);1H. The highest BCUT2D eigenvalue weighted by Gasteiger charge is 2.14. The lowest BCUT2D eigenvalue weighted by molar-refractivity contribution is 0.0105. The van der Waals surface area contributed by atoms with Crippen molar-refractivity contribution in [1.82, 2.24) is 5.32 Å². The number of nitrogens with one attached hydrogen (secondary N) is 1. The summed E-state index contributed by atoms with van der Waals surface area (Å²) in [7, 11) is 0. The third-order valence-corrected chi connectivity index (χ3v) is 4.20. The van der Waals surface area contributed by atoms with Gasteiger partial charge in [0.2, 0.25) is 0 Å². The zero-order chi connectivity index (χ0) is 13.3. The highest BCUT2D eigenvalue weighted by Crippen LogP contribution is 2.18. The van der Waals surface area contributed by atoms with Crippen molar-refractivity contribution in [2.75, 3.05) is 13.2 Å². The molecule has 118 valence electrons. The van der Waals surface area contributed by atoms with E-state index in [4.69, 9.17) is 10.5 Å². The van der Waals surface area contributed by atoms with Crippen LogP contribution in [0.3, 0.4) is 0 Å². The van der Waals surface area contributed by atoms with Gasteiger partial charge < -0.3 is 15.8 Å². The van der Waals surface area contributed by atoms with E-state index in [1.54, 1.807) is 0 Å². The Morgan fingerprint density at radius 3 is 2.55 bits per heavy atom. The van der Waals surface area contributed by atoms with E-state index in [1.165, 1.54) is 51.4 Å². The molecule has 2 fully saturated rings. The molecule has 1 unspecified atom stereocenters. The van der Waals surface area contributed by atoms with Crippen molar-refractivity contribution in [2.24, 2.45) is 10.7 Å². The first-order valence-corrected chi connectivity index (χ1v) is 8.02. The van der Waals surface area contributed by atoms with Gasteiger partial charge in [-0.15, -0.1) is 24.0 Å². The van der Waals surface area contributed by atoms with Gasteiger partial charge in [-0.3, -0.25) is 4.99 Å². The number of nitrogens with two attached hydrogens (primary N) is 1. The fourth-order valence-electron chi connectivity index (χ4n) is 3.06. The SMILES string of the molecule is I.NC(=NCCCC1CCCCO1)NC1CCCCC1. The lowest BCUT2D eigenvalue weighted by atomic mass is 9.96. The molecule has 1 saturated heterocycles. The first kappa shape index (κ1) is 18.0. The molecule has 20 heavy (non-hydrogen) atoms. The maximum atomic E-state index is 5.93. The summed E-state index contributed by atoms with van der Waals surface area (Å²) in [5, 5.41) is 3.35. The predicted octanol–water partition coefficient (Wildman–Crippen LogP) is 3.19. The molecule has 2 rings (SSSR count). The molecule has 0 aromatic heterocycles. The summed E-state index contributed by atoms with van der Waals surface area (Å²) < 4.78 is 5.71. The molecular weight excluding hydrogens is 365 g/mol. The Balaban J connectivity index is 0.00000200. The van der Waals surface area contributed by atoms with Crippen LogP contribution in [-0.4, -0.2) is 31.3 Å². The third-order valence-electron chi connectivity index (χ3n) is 4.20. The van der Waals surface area contributed by atoms with E-state index >= 15 is 0 Å². The molecule has 5 heteroatoms. The Morgan fingerprint density at radius 1 is 1.10 bits per heavy atom. The molecule has 1 atom stereocenters. The summed E-state index contributed by atoms with van der Waals surface area (Å²) in [4.78, 5) is 4.43. The second-order valence-corrected chi connectivity index (χ2v) is 5.88. The van der Waals surface area contributed by atoms with E-state index in [0.717, 1.165) is 26.0 Å². The molecule has 0 aromatic carbocycles. The summed E-state index contributed by atoms with van der Waals surface area (Å²) >= 11 is 0. The van der Waals surface area contributed by atoms with Crippen molar-refractivity contribution in [2.45, 2.75) is 76.4 Å². The van der Waals surface area contributed by atoms with Crippen LogP contribution < -0.4 is 11.1 Å². The highest BCUT2D eigenvalue weighted by molar-refractivity contribution is 14.0. The fraction of sp³-hybridized carbons (Fsp3) is 0.933. The Kier molecular flexibility index (Phi) is 9.59. The summed E-state index contributed by atoms with van der Waals surface area (Å²) in [5.41, 5.74) is 5.93. The maximum absolute atomic E-state index is 5.93. The molecule has 0 bridgehead atoms. The van der Waals surface area contributed by atoms with Gasteiger partial charge in [0, 0.05) is 19.2 Å². The van der Waals surface area contributed by atoms with Crippen molar-refractivity contribution in [3.63, 3.8) is 0 Å². The number of nitrogens with zero attached hydrogens (tertiary/aromatic N) is 1. The second kappa shape index (κ2) is 10.7. The summed E-state index contributed by atoms with van der Waals surface area (Å²) in [6.45, 7) is 1.77. The zero-order valence-electron chi connectivity index (χ0n) is 12.5. The molecule has 1 aliphatic heterocycles. The Morgan fingerprint density at radius 2 is 1.85 bits per heavy atom. The van der Waals surface area contributed by atoms with E-state index in [-0.39, 0.29) is 24.0 Å². The van der Waals surface area contributed by atoms with Gasteiger partial charge in [-0.05, 0) is 44.9 Å². The normalized spacial score (nSPS) is 25.0. The van der Waals surface area contributed by atoms with E-state index < -0.39 is 0 Å². The number of halogens is 1. The van der Waals surface area contributed by atoms with Crippen LogP contribution in [-0.2, 0) is 4.74 Å². The largest absolute Gasteiger partial charge is 0.378 e. The molecule has 0 aromatic rings. The number of hydrogen-bond donors (Lipinski definition) is 2. The van der Waals surface area contributed by atoms with Gasteiger partial charge in [-0.25, -0.2) is 0 Å². The minimum absolute atomic E-state index is 0. The van der Waals surface area contributed by atoms with Crippen LogP contribution in [0.2, 0.25) is 0 Å². The van der Waals surface area contributed by atoms with Gasteiger partial charge in [0.25, 0.3) is 0 Å². The molecule has 3 N–H and O–H groups in total. The summed E-state index contributed by atoms with van der Waals surface area (Å²) in [6.07, 6.45) is 12.9. The van der Waals surface area contributed by atoms with Crippen LogP contribution in [0.15, 0.2) is 4.99 Å². The average molecular weight is 395 g/mol. The van der Waals surface area contributed by atoms with Gasteiger partial charge in [0.15, 0.2) is 5.96 Å². The van der Waals surface area contributed by atoms with Gasteiger partial charge in [-0.2, -0.15) is 0 Å². The molecule has 1 aliphatic carbocycles. The number of ether oxygens (including phenoxy) is 1. The Hall–Kier alpha value is -0.0400. The Labute approximate surface area is 140 Å². The number of guanidine groups is 1. The van der Waals surface area contributed by atoms with E-state index in [0.29, 0.717) is 18.1 Å². The molecular formula is C15H30IN3O. The van der Waals surface area contributed by atoms with Crippen molar-refractivity contribution in [1.29, 1.82) is 0 Å². The van der Waals surface area contributed by atoms with Gasteiger partial charge >= 0.3 is 0 Å². The van der Waals surface area contributed by atoms with Crippen molar-refractivity contribution in [3.05, 3.63) is 0 Å². The first-order valence-electron chi connectivity index (χ1n) is 8.02. The topological polar surface area (TPSA) is 59.6 Å². The van der Waals surface area contributed by atoms with Crippen LogP contribution in [0, 0.1) is 0 Å². The monoisotopic (exact) mass is 395 g/mol. The molecule has 1 heterocycles. The van der Waals surface area contributed by atoms with Gasteiger partial charge in [0.05, 0.1) is 6.10 Å². The van der Waals surface area contributed by atoms with Gasteiger partial charge in [0.1, 0.15) is 0 Å². The number of rotatable bonds is 5. The van der Waals surface area contributed by atoms with Crippen LogP contribution in [0.25, 0.3) is 0 Å². The number of hydrogen-bond acceptors (Lipinski definition) is 2. The van der Waals surface area contributed by atoms with Gasteiger partial charge in [-0.1, -0.05) is 19.3 Å². The van der Waals surface area contributed by atoms with Crippen LogP contribution in [0.1, 0.15) is 64.2 Å². The average Bonchev–Trinajstić information content (AvgIpc) is 2.46. The van der Waals surface area contributed by atoms with Crippen LogP contribution in [0.4, 0.5) is 0 Å². The molecule has 0 spiro atoms. The van der Waals surface area contributed by atoms with Crippen LogP contribution >= 0.6 is 24.0 Å². The summed E-state index contributed by atoms with van der Waals surface area (Å²) in [5.74, 6) is 0.636. The lowest BCUT2D eigenvalue weighted by Gasteiger charge is -2.23. The van der Waals surface area contributed by atoms with Crippen LogP contribution in [0.5, 0.6) is 0 Å². The molecule has 1 saturated carbocycles. The molecule has 0 radical (unpaired) electrons. The molecule has 0 amide bonds. The number of aliphatic imine (C=N–C) groups is 1. The first-order chi connectivity index (χ1) is 9.34. The third kappa shape index (κ3) is 7.11. The minimum atomic E-state index is 0. The minimum Gasteiger partial charge on any atom is -0.378 e. The maximum Gasteiger partial charge on any atom is 0.188 e.